The quantitative estimate of drug-likeness (QED) is 0.658. The van der Waals surface area contributed by atoms with E-state index in [9.17, 15) is 0 Å². The van der Waals surface area contributed by atoms with Crippen LogP contribution in [-0.2, 0) is 0 Å². The average Bonchev–Trinajstić information content (AvgIpc) is 2.33. The van der Waals surface area contributed by atoms with Crippen LogP contribution >= 0.6 is 24.4 Å². The molecule has 0 nitrogen and oxygen atoms in total. The van der Waals surface area contributed by atoms with Crippen LogP contribution in [0.2, 0.25) is 0 Å². The molecule has 0 aliphatic heterocycles. The predicted octanol–water partition coefficient (Wildman–Crippen LogP) is 4.79. The first-order valence-corrected chi connectivity index (χ1v) is 8.17. The Hall–Kier alpha value is 0.700. The number of rotatable bonds is 6. The molecule has 1 aliphatic rings. The molecule has 0 N–H and O–H groups in total. The number of hydrogen-bond donors (Lipinski definition) is 1. The van der Waals surface area contributed by atoms with Gasteiger partial charge in [-0.1, -0.05) is 33.1 Å². The van der Waals surface area contributed by atoms with E-state index in [2.05, 4.69) is 38.2 Å². The van der Waals surface area contributed by atoms with Crippen LogP contribution in [0.4, 0.5) is 0 Å². The van der Waals surface area contributed by atoms with Crippen LogP contribution in [0, 0.1) is 5.41 Å². The Morgan fingerprint density at radius 1 is 1.13 bits per heavy atom. The maximum Gasteiger partial charge on any atom is 0.00472 e. The monoisotopic (exact) mass is 246 g/mol. The minimum absolute atomic E-state index is 0.505. The van der Waals surface area contributed by atoms with Gasteiger partial charge in [0.15, 0.2) is 0 Å². The SMILES string of the molecule is CCC(CC)(CS)CSC1CCCCC1. The molecule has 0 saturated heterocycles. The summed E-state index contributed by atoms with van der Waals surface area (Å²) in [6.07, 6.45) is 9.88. The van der Waals surface area contributed by atoms with E-state index in [0.717, 1.165) is 11.0 Å². The first-order chi connectivity index (χ1) is 7.26. The topological polar surface area (TPSA) is 0 Å². The summed E-state index contributed by atoms with van der Waals surface area (Å²) in [6.45, 7) is 4.64. The van der Waals surface area contributed by atoms with Crippen LogP contribution in [0.5, 0.6) is 0 Å². The lowest BCUT2D eigenvalue weighted by molar-refractivity contribution is 0.356. The van der Waals surface area contributed by atoms with Gasteiger partial charge in [0.25, 0.3) is 0 Å². The van der Waals surface area contributed by atoms with Crippen molar-refractivity contribution in [3.8, 4) is 0 Å². The summed E-state index contributed by atoms with van der Waals surface area (Å²) in [6, 6.07) is 0. The van der Waals surface area contributed by atoms with Gasteiger partial charge in [-0.3, -0.25) is 0 Å². The van der Waals surface area contributed by atoms with Crippen molar-refractivity contribution in [1.29, 1.82) is 0 Å². The molecule has 0 amide bonds. The van der Waals surface area contributed by atoms with Gasteiger partial charge in [0, 0.05) is 5.25 Å². The third kappa shape index (κ3) is 4.22. The lowest BCUT2D eigenvalue weighted by Crippen LogP contribution is -2.26. The Morgan fingerprint density at radius 3 is 2.20 bits per heavy atom. The molecule has 0 atom stereocenters. The van der Waals surface area contributed by atoms with E-state index in [1.807, 2.05) is 0 Å². The van der Waals surface area contributed by atoms with Gasteiger partial charge in [-0.2, -0.15) is 24.4 Å². The molecule has 0 radical (unpaired) electrons. The van der Waals surface area contributed by atoms with Gasteiger partial charge in [0.1, 0.15) is 0 Å². The van der Waals surface area contributed by atoms with E-state index in [1.54, 1.807) is 0 Å². The zero-order valence-corrected chi connectivity index (χ0v) is 12.0. The van der Waals surface area contributed by atoms with Crippen molar-refractivity contribution in [3.05, 3.63) is 0 Å². The second kappa shape index (κ2) is 7.11. The highest BCUT2D eigenvalue weighted by molar-refractivity contribution is 7.99. The molecule has 0 aromatic heterocycles. The molecule has 0 spiro atoms. The van der Waals surface area contributed by atoms with Crippen LogP contribution in [0.3, 0.4) is 0 Å². The fraction of sp³-hybridized carbons (Fsp3) is 1.00. The Morgan fingerprint density at radius 2 is 1.73 bits per heavy atom. The summed E-state index contributed by atoms with van der Waals surface area (Å²) in [5.41, 5.74) is 0.505. The third-order valence-electron chi connectivity index (χ3n) is 4.01. The van der Waals surface area contributed by atoms with Crippen LogP contribution in [-0.4, -0.2) is 16.8 Å². The average molecular weight is 246 g/mol. The summed E-state index contributed by atoms with van der Waals surface area (Å²) in [5.74, 6) is 2.38. The highest BCUT2D eigenvalue weighted by Gasteiger charge is 2.26. The number of hydrogen-bond acceptors (Lipinski definition) is 2. The van der Waals surface area contributed by atoms with Crippen molar-refractivity contribution in [2.45, 2.75) is 64.0 Å². The minimum Gasteiger partial charge on any atom is -0.179 e. The Bertz CT molecular complexity index is 150. The van der Waals surface area contributed by atoms with Gasteiger partial charge < -0.3 is 0 Å². The number of thioether (sulfide) groups is 1. The van der Waals surface area contributed by atoms with Crippen LogP contribution < -0.4 is 0 Å². The molecule has 90 valence electrons. The normalized spacial score (nSPS) is 19.4. The van der Waals surface area contributed by atoms with Gasteiger partial charge in [-0.05, 0) is 42.6 Å². The molecule has 0 heterocycles. The van der Waals surface area contributed by atoms with Gasteiger partial charge in [0.2, 0.25) is 0 Å². The molecule has 1 aliphatic carbocycles. The van der Waals surface area contributed by atoms with E-state index in [1.165, 1.54) is 50.7 Å². The maximum absolute atomic E-state index is 4.55. The zero-order valence-electron chi connectivity index (χ0n) is 10.3. The summed E-state index contributed by atoms with van der Waals surface area (Å²) < 4.78 is 0. The first kappa shape index (κ1) is 13.8. The van der Waals surface area contributed by atoms with Crippen molar-refractivity contribution >= 4 is 24.4 Å². The van der Waals surface area contributed by atoms with E-state index >= 15 is 0 Å². The van der Waals surface area contributed by atoms with Gasteiger partial charge in [0.05, 0.1) is 0 Å². The summed E-state index contributed by atoms with van der Waals surface area (Å²) in [7, 11) is 0. The van der Waals surface area contributed by atoms with Gasteiger partial charge in [-0.25, -0.2) is 0 Å². The molecule has 1 saturated carbocycles. The van der Waals surface area contributed by atoms with Crippen molar-refractivity contribution in [2.75, 3.05) is 11.5 Å². The molecule has 0 bridgehead atoms. The maximum atomic E-state index is 4.55. The highest BCUT2D eigenvalue weighted by atomic mass is 32.2. The van der Waals surface area contributed by atoms with Crippen LogP contribution in [0.15, 0.2) is 0 Å². The predicted molar refractivity (Wildman–Crippen MR) is 76.2 cm³/mol. The summed E-state index contributed by atoms with van der Waals surface area (Å²) >= 11 is 6.78. The molecule has 0 unspecified atom stereocenters. The second-order valence-corrected chi connectivity index (χ2v) is 6.54. The molecule has 1 rings (SSSR count). The minimum atomic E-state index is 0.505. The molecule has 15 heavy (non-hydrogen) atoms. The standard InChI is InChI=1S/C13H26S2/c1-3-13(4-2,10-14)11-15-12-8-6-5-7-9-12/h12,14H,3-11H2,1-2H3. The molecule has 0 aromatic rings. The van der Waals surface area contributed by atoms with E-state index < -0.39 is 0 Å². The Labute approximate surface area is 105 Å². The van der Waals surface area contributed by atoms with Crippen LogP contribution in [0.25, 0.3) is 0 Å². The highest BCUT2D eigenvalue weighted by Crippen LogP contribution is 2.37. The number of thiol groups is 1. The van der Waals surface area contributed by atoms with Crippen LogP contribution in [0.1, 0.15) is 58.8 Å². The smallest absolute Gasteiger partial charge is 0.00472 e. The van der Waals surface area contributed by atoms with Gasteiger partial charge >= 0.3 is 0 Å². The largest absolute Gasteiger partial charge is 0.179 e. The fourth-order valence-electron chi connectivity index (χ4n) is 2.25. The molecule has 2 heteroatoms. The summed E-state index contributed by atoms with van der Waals surface area (Å²) in [4.78, 5) is 0. The molecule has 0 aromatic carbocycles. The second-order valence-electron chi connectivity index (χ2n) is 4.94. The molecule has 1 fully saturated rings. The van der Waals surface area contributed by atoms with Crippen molar-refractivity contribution < 1.29 is 0 Å². The lowest BCUT2D eigenvalue weighted by atomic mass is 9.87. The molecular formula is C13H26S2. The lowest BCUT2D eigenvalue weighted by Gasteiger charge is -2.32. The fourth-order valence-corrected chi connectivity index (χ4v) is 4.73. The van der Waals surface area contributed by atoms with E-state index in [-0.39, 0.29) is 0 Å². The summed E-state index contributed by atoms with van der Waals surface area (Å²) in [5, 5.41) is 0.955. The van der Waals surface area contributed by atoms with E-state index in [4.69, 9.17) is 0 Å². The van der Waals surface area contributed by atoms with Crippen molar-refractivity contribution in [2.24, 2.45) is 5.41 Å². The Kier molecular flexibility index (Phi) is 6.52. The molecular weight excluding hydrogens is 220 g/mol. The van der Waals surface area contributed by atoms with Gasteiger partial charge in [-0.15, -0.1) is 0 Å². The van der Waals surface area contributed by atoms with E-state index in [0.29, 0.717) is 5.41 Å². The first-order valence-electron chi connectivity index (χ1n) is 6.49. The van der Waals surface area contributed by atoms with Crippen molar-refractivity contribution in [1.82, 2.24) is 0 Å². The van der Waals surface area contributed by atoms with Crippen molar-refractivity contribution in [3.63, 3.8) is 0 Å². The third-order valence-corrected chi connectivity index (χ3v) is 6.41. The zero-order chi connectivity index (χ0) is 11.1. The Balaban J connectivity index is 2.31.